The van der Waals surface area contributed by atoms with Gasteiger partial charge in [-0.2, -0.15) is 0 Å². The second-order valence-electron chi connectivity index (χ2n) is 8.04. The topological polar surface area (TPSA) is 59.1 Å². The molecule has 0 aromatic heterocycles. The molecule has 0 saturated carbocycles. The van der Waals surface area contributed by atoms with Crippen LogP contribution in [0, 0.1) is 0 Å². The molecule has 0 spiro atoms. The third-order valence-electron chi connectivity index (χ3n) is 5.85. The molecule has 0 unspecified atom stereocenters. The van der Waals surface area contributed by atoms with E-state index in [9.17, 15) is 9.59 Å². The lowest BCUT2D eigenvalue weighted by molar-refractivity contribution is -0.118. The molecule has 3 aliphatic rings. The van der Waals surface area contributed by atoms with Crippen molar-refractivity contribution < 1.29 is 19.1 Å². The maximum absolute atomic E-state index is 14.2. The van der Waals surface area contributed by atoms with Crippen LogP contribution in [-0.4, -0.2) is 74.0 Å². The van der Waals surface area contributed by atoms with Gasteiger partial charge in [0.05, 0.1) is 36.2 Å². The molecule has 0 amide bonds. The van der Waals surface area contributed by atoms with Crippen molar-refractivity contribution in [3.63, 3.8) is 0 Å². The highest BCUT2D eigenvalue weighted by molar-refractivity contribution is 8.05. The number of benzene rings is 2. The Bertz CT molecular complexity index is 1020. The fraction of sp³-hybridized carbons (Fsp3) is 0.308. The molecule has 2 heterocycles. The molecular weight excluding hydrogens is 468 g/mol. The van der Waals surface area contributed by atoms with Gasteiger partial charge in [-0.25, -0.2) is 0 Å². The Morgan fingerprint density at radius 2 is 0.912 bits per heavy atom. The molecule has 1 aliphatic carbocycles. The number of rotatable bonds is 6. The van der Waals surface area contributed by atoms with E-state index in [0.29, 0.717) is 73.8 Å². The maximum Gasteiger partial charge on any atom is 0.219 e. The molecule has 5 rings (SSSR count). The zero-order chi connectivity index (χ0) is 23.3. The van der Waals surface area contributed by atoms with E-state index < -0.39 is 0 Å². The zero-order valence-corrected chi connectivity index (χ0v) is 20.4. The van der Waals surface area contributed by atoms with Crippen LogP contribution in [0.4, 0.5) is 0 Å². The molecule has 2 saturated heterocycles. The van der Waals surface area contributed by atoms with Gasteiger partial charge in [0.25, 0.3) is 0 Å². The Kier molecular flexibility index (Phi) is 7.39. The van der Waals surface area contributed by atoms with Gasteiger partial charge >= 0.3 is 0 Å². The molecule has 34 heavy (non-hydrogen) atoms. The van der Waals surface area contributed by atoms with Crippen molar-refractivity contribution in [3.8, 4) is 0 Å². The summed E-state index contributed by atoms with van der Waals surface area (Å²) in [5, 5.41) is 0. The highest BCUT2D eigenvalue weighted by atomic mass is 32.2. The summed E-state index contributed by atoms with van der Waals surface area (Å²) in [4.78, 5) is 35.3. The summed E-state index contributed by atoms with van der Waals surface area (Å²) in [7, 11) is 0. The van der Waals surface area contributed by atoms with Gasteiger partial charge in [0, 0.05) is 36.0 Å². The van der Waals surface area contributed by atoms with Crippen LogP contribution >= 0.6 is 23.5 Å². The van der Waals surface area contributed by atoms with E-state index in [2.05, 4.69) is 0 Å². The average Bonchev–Trinajstić information content (AvgIpc) is 2.89. The molecule has 2 aromatic carbocycles. The smallest absolute Gasteiger partial charge is 0.219 e. The van der Waals surface area contributed by atoms with Crippen LogP contribution < -0.4 is 0 Å². The quantitative estimate of drug-likeness (QED) is 0.562. The molecule has 6 nitrogen and oxygen atoms in total. The van der Waals surface area contributed by atoms with Gasteiger partial charge in [-0.3, -0.25) is 9.59 Å². The van der Waals surface area contributed by atoms with Crippen LogP contribution in [0.3, 0.4) is 0 Å². The Morgan fingerprint density at radius 1 is 0.559 bits per heavy atom. The number of allylic oxidation sites excluding steroid dienone is 2. The summed E-state index contributed by atoms with van der Waals surface area (Å²) in [5.74, 6) is -0.175. The second-order valence-corrected chi connectivity index (χ2v) is 10.2. The number of hydrogen-bond donors (Lipinski definition) is 0. The normalized spacial score (nSPS) is 19.8. The Balaban J connectivity index is 1.61. The number of morpholine rings is 2. The summed E-state index contributed by atoms with van der Waals surface area (Å²) < 4.78 is 11.1. The number of hydrogen-bond acceptors (Lipinski definition) is 8. The minimum atomic E-state index is -0.0877. The van der Waals surface area contributed by atoms with Crippen molar-refractivity contribution in [2.45, 2.75) is 9.79 Å². The first-order valence-corrected chi connectivity index (χ1v) is 13.0. The summed E-state index contributed by atoms with van der Waals surface area (Å²) in [6.45, 7) is 4.50. The van der Waals surface area contributed by atoms with E-state index in [4.69, 9.17) is 9.47 Å². The SMILES string of the molecule is O=C1C(Sc2ccccc2)=C(N2CCOCC2)C(=O)C(Sc2ccccc2)=C1N1CCOCC1. The Labute approximate surface area is 208 Å². The monoisotopic (exact) mass is 494 g/mol. The molecule has 8 heteroatoms. The predicted octanol–water partition coefficient (Wildman–Crippen LogP) is 3.81. The van der Waals surface area contributed by atoms with Crippen LogP contribution in [0.25, 0.3) is 0 Å². The van der Waals surface area contributed by atoms with Crippen LogP contribution in [0.1, 0.15) is 0 Å². The van der Waals surface area contributed by atoms with Gasteiger partial charge in [0.1, 0.15) is 11.4 Å². The highest BCUT2D eigenvalue weighted by Crippen LogP contribution is 2.43. The van der Waals surface area contributed by atoms with Crippen LogP contribution in [0.2, 0.25) is 0 Å². The van der Waals surface area contributed by atoms with Crippen LogP contribution in [0.15, 0.2) is 91.7 Å². The van der Waals surface area contributed by atoms with Crippen LogP contribution in [-0.2, 0) is 19.1 Å². The molecule has 2 fully saturated rings. The lowest BCUT2D eigenvalue weighted by Crippen LogP contribution is -2.45. The first-order chi connectivity index (χ1) is 16.7. The molecule has 0 atom stereocenters. The number of ketones is 2. The number of thioether (sulfide) groups is 2. The molecule has 176 valence electrons. The number of carbonyl (C=O) groups excluding carboxylic acids is 2. The van der Waals surface area contributed by atoms with E-state index >= 15 is 0 Å². The van der Waals surface area contributed by atoms with Crippen molar-refractivity contribution in [2.75, 3.05) is 52.6 Å². The van der Waals surface area contributed by atoms with E-state index in [-0.39, 0.29) is 11.6 Å². The summed E-state index contributed by atoms with van der Waals surface area (Å²) in [6.07, 6.45) is 0. The van der Waals surface area contributed by atoms with Gasteiger partial charge in [-0.1, -0.05) is 59.9 Å². The van der Waals surface area contributed by atoms with Gasteiger partial charge in [-0.05, 0) is 24.3 Å². The highest BCUT2D eigenvalue weighted by Gasteiger charge is 2.41. The van der Waals surface area contributed by atoms with Gasteiger partial charge < -0.3 is 19.3 Å². The molecular formula is C26H26N2O4S2. The van der Waals surface area contributed by atoms with E-state index in [1.54, 1.807) is 0 Å². The van der Waals surface area contributed by atoms with Crippen molar-refractivity contribution in [2.24, 2.45) is 0 Å². The number of nitrogens with zero attached hydrogens (tertiary/aromatic N) is 2. The van der Waals surface area contributed by atoms with Crippen molar-refractivity contribution in [1.82, 2.24) is 9.80 Å². The van der Waals surface area contributed by atoms with Crippen molar-refractivity contribution in [3.05, 3.63) is 81.9 Å². The predicted molar refractivity (Wildman–Crippen MR) is 133 cm³/mol. The number of Topliss-reactive ketones (excluding diaryl/α,β-unsaturated/α-hetero) is 2. The largest absolute Gasteiger partial charge is 0.378 e. The molecule has 0 N–H and O–H groups in total. The summed E-state index contributed by atoms with van der Waals surface area (Å²) in [5.41, 5.74) is 0.996. The fourth-order valence-corrected chi connectivity index (χ4v) is 6.26. The van der Waals surface area contributed by atoms with Crippen molar-refractivity contribution in [1.29, 1.82) is 0 Å². The standard InChI is InChI=1S/C26H26N2O4S2/c29-23-22(28-13-17-32-18-14-28)26(34-20-9-5-2-6-10-20)24(30)21(27-11-15-31-16-12-27)25(23)33-19-7-3-1-4-8-19/h1-10H,11-18H2. The fourth-order valence-electron chi connectivity index (χ4n) is 4.19. The Morgan fingerprint density at radius 3 is 1.26 bits per heavy atom. The maximum atomic E-state index is 14.2. The third-order valence-corrected chi connectivity index (χ3v) is 8.04. The summed E-state index contributed by atoms with van der Waals surface area (Å²) >= 11 is 2.76. The van der Waals surface area contributed by atoms with Crippen LogP contribution in [0.5, 0.6) is 0 Å². The molecule has 2 aromatic rings. The average molecular weight is 495 g/mol. The lowest BCUT2D eigenvalue weighted by atomic mass is 10.0. The third kappa shape index (κ3) is 4.95. The first kappa shape index (κ1) is 23.2. The van der Waals surface area contributed by atoms with E-state index in [0.717, 1.165) is 9.79 Å². The minimum Gasteiger partial charge on any atom is -0.378 e. The van der Waals surface area contributed by atoms with Crippen molar-refractivity contribution >= 4 is 35.1 Å². The molecule has 0 radical (unpaired) electrons. The lowest BCUT2D eigenvalue weighted by Gasteiger charge is -2.37. The van der Waals surface area contributed by atoms with Gasteiger partial charge in [0.15, 0.2) is 0 Å². The minimum absolute atomic E-state index is 0.0877. The van der Waals surface area contributed by atoms with Gasteiger partial charge in [-0.15, -0.1) is 0 Å². The number of ether oxygens (including phenoxy) is 2. The van der Waals surface area contributed by atoms with E-state index in [1.165, 1.54) is 23.5 Å². The van der Waals surface area contributed by atoms with Gasteiger partial charge in [0.2, 0.25) is 11.6 Å². The van der Waals surface area contributed by atoms with E-state index in [1.807, 2.05) is 70.5 Å². The second kappa shape index (κ2) is 10.8. The first-order valence-electron chi connectivity index (χ1n) is 11.4. The zero-order valence-electron chi connectivity index (χ0n) is 18.8. The molecule has 2 aliphatic heterocycles. The number of carbonyl (C=O) groups is 2. The molecule has 0 bridgehead atoms. The Hall–Kier alpha value is -2.52. The summed E-state index contributed by atoms with van der Waals surface area (Å²) in [6, 6.07) is 19.6.